The molecule has 1 fully saturated rings. The average Bonchev–Trinajstić information content (AvgIpc) is 2.59. The zero-order valence-electron chi connectivity index (χ0n) is 16.1. The number of hydrogen-bond acceptors (Lipinski definition) is 2. The van der Waals surface area contributed by atoms with Gasteiger partial charge in [0.05, 0.1) is 6.54 Å². The Kier molecular flexibility index (Phi) is 11.8. The summed E-state index contributed by atoms with van der Waals surface area (Å²) >= 11 is 0. The van der Waals surface area contributed by atoms with Gasteiger partial charge in [-0.2, -0.15) is 0 Å². The van der Waals surface area contributed by atoms with E-state index in [4.69, 9.17) is 0 Å². The minimum Gasteiger partial charge on any atom is -0.357 e. The second-order valence-electron chi connectivity index (χ2n) is 7.01. The molecule has 0 bridgehead atoms. The molecule has 0 aliphatic carbocycles. The Hall–Kier alpha value is -0.890. The summed E-state index contributed by atoms with van der Waals surface area (Å²) in [7, 11) is 0. The van der Waals surface area contributed by atoms with Crippen LogP contribution in [0, 0.1) is 11.7 Å². The van der Waals surface area contributed by atoms with Gasteiger partial charge in [0.1, 0.15) is 5.82 Å². The first-order valence-corrected chi connectivity index (χ1v) is 9.66. The van der Waals surface area contributed by atoms with Crippen molar-refractivity contribution in [2.45, 2.75) is 46.1 Å². The van der Waals surface area contributed by atoms with E-state index in [1.54, 1.807) is 6.07 Å². The van der Waals surface area contributed by atoms with Crippen LogP contribution < -0.4 is 10.6 Å². The van der Waals surface area contributed by atoms with Gasteiger partial charge in [-0.3, -0.25) is 0 Å². The van der Waals surface area contributed by atoms with Gasteiger partial charge in [0.15, 0.2) is 5.96 Å². The van der Waals surface area contributed by atoms with Crippen molar-refractivity contribution in [2.75, 3.05) is 32.7 Å². The van der Waals surface area contributed by atoms with Gasteiger partial charge in [-0.25, -0.2) is 9.38 Å². The SMILES string of the molecule is CCNC(=NCc1cccc(F)c1)NCCCCN1CCCC(C)C1.I. The second kappa shape index (κ2) is 13.3. The summed E-state index contributed by atoms with van der Waals surface area (Å²) in [6, 6.07) is 6.62. The van der Waals surface area contributed by atoms with E-state index in [2.05, 4.69) is 34.4 Å². The van der Waals surface area contributed by atoms with Crippen molar-refractivity contribution >= 4 is 29.9 Å². The lowest BCUT2D eigenvalue weighted by atomic mass is 10.0. The number of halogens is 2. The summed E-state index contributed by atoms with van der Waals surface area (Å²) in [4.78, 5) is 7.13. The molecule has 26 heavy (non-hydrogen) atoms. The molecule has 2 rings (SSSR count). The van der Waals surface area contributed by atoms with Crippen molar-refractivity contribution in [1.29, 1.82) is 0 Å². The van der Waals surface area contributed by atoms with Crippen LogP contribution in [-0.2, 0) is 6.54 Å². The number of likely N-dealkylation sites (tertiary alicyclic amines) is 1. The highest BCUT2D eigenvalue weighted by molar-refractivity contribution is 14.0. The Morgan fingerprint density at radius 2 is 2.15 bits per heavy atom. The molecule has 4 nitrogen and oxygen atoms in total. The largest absolute Gasteiger partial charge is 0.357 e. The number of hydrogen-bond donors (Lipinski definition) is 2. The fourth-order valence-electron chi connectivity index (χ4n) is 3.30. The molecule has 0 saturated carbocycles. The molecule has 0 aromatic heterocycles. The molecular weight excluding hydrogens is 442 g/mol. The third-order valence-corrected chi connectivity index (χ3v) is 4.59. The Balaban J connectivity index is 0.00000338. The fourth-order valence-corrected chi connectivity index (χ4v) is 3.30. The Morgan fingerprint density at radius 1 is 1.31 bits per heavy atom. The Labute approximate surface area is 175 Å². The minimum absolute atomic E-state index is 0. The molecule has 6 heteroatoms. The van der Waals surface area contributed by atoms with E-state index >= 15 is 0 Å². The molecule has 1 aliphatic rings. The monoisotopic (exact) mass is 476 g/mol. The number of nitrogens with one attached hydrogen (secondary N) is 2. The number of guanidine groups is 1. The highest BCUT2D eigenvalue weighted by Gasteiger charge is 2.15. The molecule has 1 aliphatic heterocycles. The van der Waals surface area contributed by atoms with Gasteiger partial charge < -0.3 is 15.5 Å². The summed E-state index contributed by atoms with van der Waals surface area (Å²) < 4.78 is 13.2. The summed E-state index contributed by atoms with van der Waals surface area (Å²) in [6.45, 7) is 10.3. The number of piperidine rings is 1. The van der Waals surface area contributed by atoms with Crippen molar-refractivity contribution in [1.82, 2.24) is 15.5 Å². The first kappa shape index (κ1) is 23.1. The van der Waals surface area contributed by atoms with Crippen molar-refractivity contribution in [3.63, 3.8) is 0 Å². The quantitative estimate of drug-likeness (QED) is 0.258. The normalized spacial score (nSPS) is 18.3. The van der Waals surface area contributed by atoms with E-state index < -0.39 is 0 Å². The van der Waals surface area contributed by atoms with Crippen LogP contribution >= 0.6 is 24.0 Å². The van der Waals surface area contributed by atoms with Crippen LogP contribution in [0.25, 0.3) is 0 Å². The molecule has 1 aromatic carbocycles. The van der Waals surface area contributed by atoms with E-state index in [9.17, 15) is 4.39 Å². The molecule has 148 valence electrons. The first-order chi connectivity index (χ1) is 12.2. The maximum atomic E-state index is 13.2. The highest BCUT2D eigenvalue weighted by Crippen LogP contribution is 2.15. The third-order valence-electron chi connectivity index (χ3n) is 4.59. The predicted molar refractivity (Wildman–Crippen MR) is 119 cm³/mol. The molecule has 1 atom stereocenters. The van der Waals surface area contributed by atoms with Crippen molar-refractivity contribution in [3.05, 3.63) is 35.6 Å². The summed E-state index contributed by atoms with van der Waals surface area (Å²) in [6.07, 6.45) is 5.07. The maximum absolute atomic E-state index is 13.2. The summed E-state index contributed by atoms with van der Waals surface area (Å²) in [5.41, 5.74) is 0.886. The predicted octanol–water partition coefficient (Wildman–Crippen LogP) is 4.01. The zero-order valence-corrected chi connectivity index (χ0v) is 18.5. The lowest BCUT2D eigenvalue weighted by Gasteiger charge is -2.30. The third kappa shape index (κ3) is 9.16. The van der Waals surface area contributed by atoms with E-state index in [1.807, 2.05) is 6.07 Å². The second-order valence-corrected chi connectivity index (χ2v) is 7.01. The number of rotatable bonds is 8. The van der Waals surface area contributed by atoms with E-state index in [-0.39, 0.29) is 29.8 Å². The van der Waals surface area contributed by atoms with Crippen LogP contribution in [-0.4, -0.2) is 43.6 Å². The van der Waals surface area contributed by atoms with Gasteiger partial charge in [-0.05, 0) is 69.3 Å². The molecule has 1 aromatic rings. The van der Waals surface area contributed by atoms with Crippen LogP contribution in [0.5, 0.6) is 0 Å². The maximum Gasteiger partial charge on any atom is 0.191 e. The van der Waals surface area contributed by atoms with Gasteiger partial charge in [-0.1, -0.05) is 19.1 Å². The van der Waals surface area contributed by atoms with Gasteiger partial charge in [0.25, 0.3) is 0 Å². The number of unbranched alkanes of at least 4 members (excludes halogenated alkanes) is 1. The van der Waals surface area contributed by atoms with Crippen molar-refractivity contribution in [3.8, 4) is 0 Å². The lowest BCUT2D eigenvalue weighted by Crippen LogP contribution is -2.38. The minimum atomic E-state index is -0.210. The van der Waals surface area contributed by atoms with Crippen LogP contribution in [0.3, 0.4) is 0 Å². The molecule has 0 amide bonds. The van der Waals surface area contributed by atoms with Gasteiger partial charge >= 0.3 is 0 Å². The molecule has 0 spiro atoms. The van der Waals surface area contributed by atoms with Gasteiger partial charge in [-0.15, -0.1) is 24.0 Å². The Bertz CT molecular complexity index is 538. The van der Waals surface area contributed by atoms with Gasteiger partial charge in [0.2, 0.25) is 0 Å². The molecule has 1 heterocycles. The molecule has 0 radical (unpaired) electrons. The van der Waals surface area contributed by atoms with Gasteiger partial charge in [0, 0.05) is 19.6 Å². The van der Waals surface area contributed by atoms with Crippen LogP contribution in [0.4, 0.5) is 4.39 Å². The molecular formula is C20H34FIN4. The van der Waals surface area contributed by atoms with Crippen LogP contribution in [0.15, 0.2) is 29.3 Å². The van der Waals surface area contributed by atoms with E-state index in [0.29, 0.717) is 6.54 Å². The highest BCUT2D eigenvalue weighted by atomic mass is 127. The first-order valence-electron chi connectivity index (χ1n) is 9.66. The topological polar surface area (TPSA) is 39.7 Å². The van der Waals surface area contributed by atoms with E-state index in [1.165, 1.54) is 51.0 Å². The molecule has 1 saturated heterocycles. The number of nitrogens with zero attached hydrogens (tertiary/aromatic N) is 2. The van der Waals surface area contributed by atoms with Crippen molar-refractivity contribution < 1.29 is 4.39 Å². The fraction of sp³-hybridized carbons (Fsp3) is 0.650. The van der Waals surface area contributed by atoms with Crippen LogP contribution in [0.2, 0.25) is 0 Å². The summed E-state index contributed by atoms with van der Waals surface area (Å²) in [5.74, 6) is 1.44. The molecule has 2 N–H and O–H groups in total. The zero-order chi connectivity index (χ0) is 17.9. The standard InChI is InChI=1S/C20H33FN4.HI/c1-3-22-20(24-15-18-9-6-10-19(21)14-18)23-11-4-5-12-25-13-7-8-17(2)16-25;/h6,9-10,14,17H,3-5,7-8,11-13,15-16H2,1-2H3,(H2,22,23,24);1H. The Morgan fingerprint density at radius 3 is 2.88 bits per heavy atom. The summed E-state index contributed by atoms with van der Waals surface area (Å²) in [5, 5.41) is 6.63. The lowest BCUT2D eigenvalue weighted by molar-refractivity contribution is 0.181. The van der Waals surface area contributed by atoms with Crippen LogP contribution in [0.1, 0.15) is 45.1 Å². The molecule has 1 unspecified atom stereocenters. The number of aliphatic imine (C=N–C) groups is 1. The smallest absolute Gasteiger partial charge is 0.191 e. The number of benzene rings is 1. The van der Waals surface area contributed by atoms with Crippen molar-refractivity contribution in [2.24, 2.45) is 10.9 Å². The average molecular weight is 476 g/mol. The van der Waals surface area contributed by atoms with E-state index in [0.717, 1.165) is 37.0 Å².